The molecule has 0 saturated carbocycles. The van der Waals surface area contributed by atoms with Gasteiger partial charge in [-0.05, 0) is 32.0 Å². The van der Waals surface area contributed by atoms with Crippen LogP contribution in [0.5, 0.6) is 11.5 Å². The van der Waals surface area contributed by atoms with Gasteiger partial charge in [-0.15, -0.1) is 0 Å². The predicted molar refractivity (Wildman–Crippen MR) is 92.2 cm³/mol. The molecule has 0 fully saturated rings. The van der Waals surface area contributed by atoms with Gasteiger partial charge in [0.2, 0.25) is 12.5 Å². The van der Waals surface area contributed by atoms with Crippen molar-refractivity contribution >= 4 is 11.6 Å². The predicted octanol–water partition coefficient (Wildman–Crippen LogP) is 3.25. The Morgan fingerprint density at radius 3 is 2.76 bits per heavy atom. The van der Waals surface area contributed by atoms with Crippen molar-refractivity contribution in [3.63, 3.8) is 0 Å². The second kappa shape index (κ2) is 6.61. The number of carbonyl (C=O) groups is 1. The molecule has 0 spiro atoms. The van der Waals surface area contributed by atoms with Gasteiger partial charge in [0.25, 0.3) is 5.91 Å². The van der Waals surface area contributed by atoms with Crippen LogP contribution in [-0.2, 0) is 0 Å². The van der Waals surface area contributed by atoms with Crippen molar-refractivity contribution in [3.05, 3.63) is 41.5 Å². The molecule has 1 aliphatic heterocycles. The number of nitrogens with one attached hydrogen (secondary N) is 1. The van der Waals surface area contributed by atoms with E-state index < -0.39 is 23.9 Å². The molecule has 0 radical (unpaired) electrons. The Kier molecular flexibility index (Phi) is 4.32. The molecule has 4 rings (SSSR count). The minimum Gasteiger partial charge on any atom is -0.453 e. The van der Waals surface area contributed by atoms with Crippen LogP contribution >= 0.6 is 0 Å². The van der Waals surface area contributed by atoms with Crippen LogP contribution < -0.4 is 14.8 Å². The third-order valence-corrected chi connectivity index (χ3v) is 4.46. The van der Waals surface area contributed by atoms with Gasteiger partial charge in [0.05, 0.1) is 11.9 Å². The van der Waals surface area contributed by atoms with Gasteiger partial charge in [0.1, 0.15) is 11.6 Å². The number of alkyl halides is 3. The van der Waals surface area contributed by atoms with Gasteiger partial charge < -0.3 is 14.8 Å². The summed E-state index contributed by atoms with van der Waals surface area (Å²) in [5.74, 6) is -1.40. The highest BCUT2D eigenvalue weighted by Gasteiger charge is 2.37. The minimum atomic E-state index is -4.59. The quantitative estimate of drug-likeness (QED) is 0.671. The topological polar surface area (TPSA) is 77.8 Å². The van der Waals surface area contributed by atoms with E-state index in [1.165, 1.54) is 16.6 Å². The molecule has 3 heterocycles. The number of ether oxygens (including phenoxy) is 2. The van der Waals surface area contributed by atoms with E-state index >= 15 is 0 Å². The molecule has 3 aromatic rings. The molecule has 0 aliphatic carbocycles. The molecule has 1 N–H and O–H groups in total. The Morgan fingerprint density at radius 2 is 2.03 bits per heavy atom. The molecule has 1 aromatic carbocycles. The Bertz CT molecular complexity index is 1130. The fourth-order valence-electron chi connectivity index (χ4n) is 2.89. The van der Waals surface area contributed by atoms with Crippen molar-refractivity contribution in [1.82, 2.24) is 19.9 Å². The summed E-state index contributed by atoms with van der Waals surface area (Å²) in [5, 5.41) is 5.89. The smallest absolute Gasteiger partial charge is 0.408 e. The number of carbonyl (C=O) groups excluding carboxylic acids is 1. The number of rotatable bonds is 3. The highest BCUT2D eigenvalue weighted by molar-refractivity contribution is 6.00. The largest absolute Gasteiger partial charge is 0.453 e. The van der Waals surface area contributed by atoms with Crippen molar-refractivity contribution in [2.75, 3.05) is 6.79 Å². The number of halogens is 4. The zero-order chi connectivity index (χ0) is 20.9. The van der Waals surface area contributed by atoms with E-state index in [1.807, 2.05) is 5.32 Å². The SMILES string of the molecule is Cc1cc(-c2cc(F)c3c(c2)OCO3)nc2c(C(=O)NC(C)C(F)(F)F)cnn12. The molecule has 0 bridgehead atoms. The summed E-state index contributed by atoms with van der Waals surface area (Å²) in [6.45, 7) is 2.41. The van der Waals surface area contributed by atoms with Crippen LogP contribution in [0, 0.1) is 12.7 Å². The molecular formula is C18H14F4N4O3. The monoisotopic (exact) mass is 410 g/mol. The summed E-state index contributed by atoms with van der Waals surface area (Å²) in [6.07, 6.45) is -3.45. The fraction of sp³-hybridized carbons (Fsp3) is 0.278. The molecular weight excluding hydrogens is 396 g/mol. The average molecular weight is 410 g/mol. The van der Waals surface area contributed by atoms with E-state index in [1.54, 1.807) is 13.0 Å². The van der Waals surface area contributed by atoms with Gasteiger partial charge in [-0.3, -0.25) is 4.79 Å². The van der Waals surface area contributed by atoms with Gasteiger partial charge in [-0.2, -0.15) is 18.3 Å². The van der Waals surface area contributed by atoms with E-state index in [2.05, 4.69) is 10.1 Å². The third kappa shape index (κ3) is 3.32. The van der Waals surface area contributed by atoms with Crippen LogP contribution in [-0.4, -0.2) is 39.5 Å². The van der Waals surface area contributed by atoms with E-state index in [9.17, 15) is 22.4 Å². The van der Waals surface area contributed by atoms with E-state index in [-0.39, 0.29) is 29.5 Å². The highest BCUT2D eigenvalue weighted by atomic mass is 19.4. The maximum atomic E-state index is 14.2. The summed E-state index contributed by atoms with van der Waals surface area (Å²) in [4.78, 5) is 16.7. The summed E-state index contributed by atoms with van der Waals surface area (Å²) in [7, 11) is 0. The standard InChI is InChI=1S/C18H14F4N4O3/c1-8-3-13(10-4-12(19)15-14(5-10)28-7-29-15)25-16-11(6-23-26(8)16)17(27)24-9(2)18(20,21)22/h3-6,9H,7H2,1-2H3,(H,24,27). The lowest BCUT2D eigenvalue weighted by molar-refractivity contribution is -0.149. The van der Waals surface area contributed by atoms with Crippen molar-refractivity contribution in [3.8, 4) is 22.8 Å². The Labute approximate surface area is 161 Å². The van der Waals surface area contributed by atoms with Gasteiger partial charge in [-0.1, -0.05) is 0 Å². The molecule has 11 heteroatoms. The van der Waals surface area contributed by atoms with Crippen LogP contribution in [0.4, 0.5) is 17.6 Å². The first kappa shape index (κ1) is 19.0. The molecule has 1 aliphatic rings. The number of aryl methyl sites for hydroxylation is 1. The lowest BCUT2D eigenvalue weighted by atomic mass is 10.1. The maximum absolute atomic E-state index is 14.2. The molecule has 1 atom stereocenters. The molecule has 7 nitrogen and oxygen atoms in total. The molecule has 29 heavy (non-hydrogen) atoms. The normalized spacial score (nSPS) is 14.3. The number of aromatic nitrogens is 3. The molecule has 2 aromatic heterocycles. The number of amides is 1. The molecule has 1 amide bonds. The third-order valence-electron chi connectivity index (χ3n) is 4.46. The average Bonchev–Trinajstić information content (AvgIpc) is 3.27. The summed E-state index contributed by atoms with van der Waals surface area (Å²) >= 11 is 0. The minimum absolute atomic E-state index is 0.00268. The van der Waals surface area contributed by atoms with Crippen LogP contribution in [0.3, 0.4) is 0 Å². The second-order valence-corrected chi connectivity index (χ2v) is 6.51. The van der Waals surface area contributed by atoms with Crippen LogP contribution in [0.1, 0.15) is 23.0 Å². The Morgan fingerprint density at radius 1 is 1.28 bits per heavy atom. The number of hydrogen-bond acceptors (Lipinski definition) is 5. The van der Waals surface area contributed by atoms with Gasteiger partial charge >= 0.3 is 6.18 Å². The van der Waals surface area contributed by atoms with E-state index in [4.69, 9.17) is 9.47 Å². The first-order valence-corrected chi connectivity index (χ1v) is 8.47. The van der Waals surface area contributed by atoms with E-state index in [0.717, 1.165) is 13.1 Å². The first-order chi connectivity index (χ1) is 13.6. The van der Waals surface area contributed by atoms with Crippen LogP contribution in [0.25, 0.3) is 16.9 Å². The second-order valence-electron chi connectivity index (χ2n) is 6.51. The Balaban J connectivity index is 1.76. The number of nitrogens with zero attached hydrogens (tertiary/aromatic N) is 3. The van der Waals surface area contributed by atoms with Crippen LogP contribution in [0.15, 0.2) is 24.4 Å². The van der Waals surface area contributed by atoms with Crippen molar-refractivity contribution in [1.29, 1.82) is 0 Å². The molecule has 0 saturated heterocycles. The molecule has 152 valence electrons. The highest BCUT2D eigenvalue weighted by Crippen LogP contribution is 2.38. The van der Waals surface area contributed by atoms with Crippen molar-refractivity contribution in [2.45, 2.75) is 26.1 Å². The van der Waals surface area contributed by atoms with Gasteiger partial charge in [0, 0.05) is 11.3 Å². The van der Waals surface area contributed by atoms with E-state index in [0.29, 0.717) is 17.0 Å². The van der Waals surface area contributed by atoms with Gasteiger partial charge in [0.15, 0.2) is 17.2 Å². The number of hydrogen-bond donors (Lipinski definition) is 1. The zero-order valence-electron chi connectivity index (χ0n) is 15.2. The summed E-state index contributed by atoms with van der Waals surface area (Å²) in [5.41, 5.74) is 1.11. The Hall–Kier alpha value is -3.37. The summed E-state index contributed by atoms with van der Waals surface area (Å²) < 4.78 is 64.1. The first-order valence-electron chi connectivity index (χ1n) is 8.47. The number of benzene rings is 1. The zero-order valence-corrected chi connectivity index (χ0v) is 15.2. The lowest BCUT2D eigenvalue weighted by Crippen LogP contribution is -2.43. The van der Waals surface area contributed by atoms with Crippen LogP contribution in [0.2, 0.25) is 0 Å². The van der Waals surface area contributed by atoms with Gasteiger partial charge in [-0.25, -0.2) is 13.9 Å². The van der Waals surface area contributed by atoms with Crippen molar-refractivity contribution < 1.29 is 31.8 Å². The number of fused-ring (bicyclic) bond motifs is 2. The fourth-order valence-corrected chi connectivity index (χ4v) is 2.89. The summed E-state index contributed by atoms with van der Waals surface area (Å²) in [6, 6.07) is 2.30. The molecule has 1 unspecified atom stereocenters. The van der Waals surface area contributed by atoms with Crippen molar-refractivity contribution in [2.24, 2.45) is 0 Å². The lowest BCUT2D eigenvalue weighted by Gasteiger charge is -2.16. The maximum Gasteiger partial charge on any atom is 0.408 e.